The van der Waals surface area contributed by atoms with E-state index in [1.807, 2.05) is 19.0 Å². The second kappa shape index (κ2) is 4.55. The van der Waals surface area contributed by atoms with Crippen LogP contribution in [0.15, 0.2) is 6.20 Å². The van der Waals surface area contributed by atoms with Crippen molar-refractivity contribution in [2.75, 3.05) is 42.7 Å². The molecule has 0 aliphatic carbocycles. The van der Waals surface area contributed by atoms with Crippen molar-refractivity contribution in [2.45, 2.75) is 19.3 Å². The van der Waals surface area contributed by atoms with Crippen molar-refractivity contribution in [1.82, 2.24) is 9.97 Å². The highest BCUT2D eigenvalue weighted by molar-refractivity contribution is 5.62. The van der Waals surface area contributed by atoms with Gasteiger partial charge in [0.15, 0.2) is 5.82 Å². The molecule has 2 rings (SSSR count). The Morgan fingerprint density at radius 1 is 1.25 bits per heavy atom. The number of aromatic nitrogens is 2. The Morgan fingerprint density at radius 2 is 1.94 bits per heavy atom. The van der Waals surface area contributed by atoms with Crippen molar-refractivity contribution in [3.63, 3.8) is 0 Å². The van der Waals surface area contributed by atoms with Crippen LogP contribution in [0.1, 0.15) is 19.3 Å². The van der Waals surface area contributed by atoms with E-state index in [0.717, 1.165) is 24.9 Å². The molecule has 0 saturated carbocycles. The summed E-state index contributed by atoms with van der Waals surface area (Å²) in [4.78, 5) is 13.0. The maximum absolute atomic E-state index is 5.83. The topological polar surface area (TPSA) is 58.3 Å². The number of anilines is 3. The van der Waals surface area contributed by atoms with Gasteiger partial charge in [0, 0.05) is 27.2 Å². The number of piperidine rings is 1. The molecule has 0 spiro atoms. The molecule has 5 heteroatoms. The lowest BCUT2D eigenvalue weighted by molar-refractivity contribution is 0.568. The Bertz CT molecular complexity index is 357. The molecular formula is C11H19N5. The SMILES string of the molecule is CN(C)c1nc(N2CCCCC2)ncc1N. The summed E-state index contributed by atoms with van der Waals surface area (Å²) in [5.41, 5.74) is 6.47. The standard InChI is InChI=1S/C11H19N5/c1-15(2)10-9(12)8-13-11(14-10)16-6-4-3-5-7-16/h8H,3-7,12H2,1-2H3. The summed E-state index contributed by atoms with van der Waals surface area (Å²) < 4.78 is 0. The summed E-state index contributed by atoms with van der Waals surface area (Å²) in [5.74, 6) is 1.60. The molecule has 88 valence electrons. The molecular weight excluding hydrogens is 202 g/mol. The highest BCUT2D eigenvalue weighted by Crippen LogP contribution is 2.22. The van der Waals surface area contributed by atoms with E-state index in [1.165, 1.54) is 19.3 Å². The summed E-state index contributed by atoms with van der Waals surface area (Å²) in [6.07, 6.45) is 5.47. The van der Waals surface area contributed by atoms with Gasteiger partial charge in [-0.1, -0.05) is 0 Å². The van der Waals surface area contributed by atoms with Gasteiger partial charge in [-0.15, -0.1) is 0 Å². The quantitative estimate of drug-likeness (QED) is 0.811. The lowest BCUT2D eigenvalue weighted by Gasteiger charge is -2.27. The average Bonchev–Trinajstić information content (AvgIpc) is 2.30. The molecule has 1 aliphatic rings. The Morgan fingerprint density at radius 3 is 2.56 bits per heavy atom. The largest absolute Gasteiger partial charge is 0.394 e. The lowest BCUT2D eigenvalue weighted by Crippen LogP contribution is -2.31. The van der Waals surface area contributed by atoms with Crippen LogP contribution < -0.4 is 15.5 Å². The molecule has 0 aromatic carbocycles. The van der Waals surface area contributed by atoms with E-state index in [0.29, 0.717) is 5.69 Å². The van der Waals surface area contributed by atoms with Crippen LogP contribution in [0.5, 0.6) is 0 Å². The monoisotopic (exact) mass is 221 g/mol. The van der Waals surface area contributed by atoms with Crippen molar-refractivity contribution >= 4 is 17.5 Å². The van der Waals surface area contributed by atoms with E-state index < -0.39 is 0 Å². The van der Waals surface area contributed by atoms with Crippen LogP contribution in [-0.2, 0) is 0 Å². The zero-order valence-electron chi connectivity index (χ0n) is 9.98. The summed E-state index contributed by atoms with van der Waals surface area (Å²) >= 11 is 0. The molecule has 1 aliphatic heterocycles. The van der Waals surface area contributed by atoms with Gasteiger partial charge in [-0.25, -0.2) is 4.98 Å². The Kier molecular flexibility index (Phi) is 3.12. The van der Waals surface area contributed by atoms with Gasteiger partial charge in [-0.3, -0.25) is 0 Å². The van der Waals surface area contributed by atoms with Crippen molar-refractivity contribution in [2.24, 2.45) is 0 Å². The van der Waals surface area contributed by atoms with Gasteiger partial charge in [0.2, 0.25) is 5.95 Å². The van der Waals surface area contributed by atoms with Crippen LogP contribution in [0, 0.1) is 0 Å². The Labute approximate surface area is 96.3 Å². The van der Waals surface area contributed by atoms with E-state index in [4.69, 9.17) is 5.73 Å². The fourth-order valence-electron chi connectivity index (χ4n) is 1.98. The maximum Gasteiger partial charge on any atom is 0.227 e. The first-order chi connectivity index (χ1) is 7.68. The zero-order chi connectivity index (χ0) is 11.5. The third-order valence-corrected chi connectivity index (χ3v) is 2.85. The van der Waals surface area contributed by atoms with Gasteiger partial charge in [0.1, 0.15) is 0 Å². The normalized spacial score (nSPS) is 16.2. The molecule has 5 nitrogen and oxygen atoms in total. The second-order valence-corrected chi connectivity index (χ2v) is 4.39. The molecule has 1 aromatic rings. The second-order valence-electron chi connectivity index (χ2n) is 4.39. The number of hydrogen-bond acceptors (Lipinski definition) is 5. The van der Waals surface area contributed by atoms with Crippen molar-refractivity contribution < 1.29 is 0 Å². The molecule has 0 unspecified atom stereocenters. The smallest absolute Gasteiger partial charge is 0.227 e. The first kappa shape index (κ1) is 11.0. The molecule has 0 radical (unpaired) electrons. The lowest BCUT2D eigenvalue weighted by atomic mass is 10.1. The molecule has 16 heavy (non-hydrogen) atoms. The van der Waals surface area contributed by atoms with Gasteiger partial charge < -0.3 is 15.5 Å². The number of nitrogen functional groups attached to an aromatic ring is 1. The van der Waals surface area contributed by atoms with Crippen molar-refractivity contribution in [3.8, 4) is 0 Å². The first-order valence-electron chi connectivity index (χ1n) is 5.73. The fraction of sp³-hybridized carbons (Fsp3) is 0.636. The van der Waals surface area contributed by atoms with Gasteiger partial charge in [-0.05, 0) is 19.3 Å². The summed E-state index contributed by atoms with van der Waals surface area (Å²) in [7, 11) is 3.89. The minimum absolute atomic E-state index is 0.630. The van der Waals surface area contributed by atoms with Crippen LogP contribution in [0.4, 0.5) is 17.5 Å². The molecule has 1 aromatic heterocycles. The van der Waals surface area contributed by atoms with Crippen LogP contribution in [0.3, 0.4) is 0 Å². The number of nitrogens with two attached hydrogens (primary N) is 1. The summed E-state index contributed by atoms with van der Waals surface area (Å²) in [5, 5.41) is 0. The van der Waals surface area contributed by atoms with E-state index >= 15 is 0 Å². The third-order valence-electron chi connectivity index (χ3n) is 2.85. The zero-order valence-corrected chi connectivity index (χ0v) is 9.98. The molecule has 0 amide bonds. The predicted molar refractivity (Wildman–Crippen MR) is 66.8 cm³/mol. The van der Waals surface area contributed by atoms with E-state index in [-0.39, 0.29) is 0 Å². The third kappa shape index (κ3) is 2.18. The van der Waals surface area contributed by atoms with Crippen LogP contribution in [0.2, 0.25) is 0 Å². The summed E-state index contributed by atoms with van der Waals surface area (Å²) in [6, 6.07) is 0. The van der Waals surface area contributed by atoms with E-state index in [9.17, 15) is 0 Å². The van der Waals surface area contributed by atoms with Crippen molar-refractivity contribution in [3.05, 3.63) is 6.20 Å². The molecule has 0 bridgehead atoms. The average molecular weight is 221 g/mol. The molecule has 2 heterocycles. The van der Waals surface area contributed by atoms with Crippen molar-refractivity contribution in [1.29, 1.82) is 0 Å². The predicted octanol–water partition coefficient (Wildman–Crippen LogP) is 1.12. The van der Waals surface area contributed by atoms with E-state index in [1.54, 1.807) is 6.20 Å². The summed E-state index contributed by atoms with van der Waals surface area (Å²) in [6.45, 7) is 2.10. The molecule has 1 saturated heterocycles. The maximum atomic E-state index is 5.83. The number of rotatable bonds is 2. The number of nitrogens with zero attached hydrogens (tertiary/aromatic N) is 4. The molecule has 0 atom stereocenters. The first-order valence-corrected chi connectivity index (χ1v) is 5.73. The molecule has 1 fully saturated rings. The van der Waals surface area contributed by atoms with Gasteiger partial charge in [-0.2, -0.15) is 4.98 Å². The van der Waals surface area contributed by atoms with Gasteiger partial charge in [0.05, 0.1) is 11.9 Å². The van der Waals surface area contributed by atoms with Crippen LogP contribution >= 0.6 is 0 Å². The fourth-order valence-corrected chi connectivity index (χ4v) is 1.98. The Balaban J connectivity index is 2.24. The van der Waals surface area contributed by atoms with Crippen LogP contribution in [0.25, 0.3) is 0 Å². The Hall–Kier alpha value is -1.52. The van der Waals surface area contributed by atoms with Gasteiger partial charge in [0.25, 0.3) is 0 Å². The minimum Gasteiger partial charge on any atom is -0.394 e. The molecule has 2 N–H and O–H groups in total. The van der Waals surface area contributed by atoms with Crippen LogP contribution in [-0.4, -0.2) is 37.2 Å². The van der Waals surface area contributed by atoms with Gasteiger partial charge >= 0.3 is 0 Å². The number of hydrogen-bond donors (Lipinski definition) is 1. The van der Waals surface area contributed by atoms with E-state index in [2.05, 4.69) is 14.9 Å². The highest BCUT2D eigenvalue weighted by atomic mass is 15.3. The minimum atomic E-state index is 0.630. The highest BCUT2D eigenvalue weighted by Gasteiger charge is 2.15.